The van der Waals surface area contributed by atoms with Crippen LogP contribution in [0.15, 0.2) is 4.99 Å². The first kappa shape index (κ1) is 12.1. The Kier molecular flexibility index (Phi) is 6.20. The molecular formula is C10H19NO2. The largest absolute Gasteiger partial charge is 0.481 e. The maximum atomic E-state index is 10.4. The Labute approximate surface area is 79.9 Å². The second-order valence-corrected chi connectivity index (χ2v) is 3.53. The molecule has 0 bridgehead atoms. The van der Waals surface area contributed by atoms with Crippen LogP contribution in [0, 0.1) is 5.92 Å². The van der Waals surface area contributed by atoms with Crippen molar-refractivity contribution in [3.05, 3.63) is 0 Å². The summed E-state index contributed by atoms with van der Waals surface area (Å²) in [5.41, 5.74) is 0. The summed E-state index contributed by atoms with van der Waals surface area (Å²) in [6.07, 6.45) is 3.12. The number of carboxylic acid groups (broad SMARTS) is 1. The van der Waals surface area contributed by atoms with Gasteiger partial charge in [0.05, 0.1) is 12.5 Å². The normalized spacial score (nSPS) is 14.9. The van der Waals surface area contributed by atoms with Crippen LogP contribution in [0.4, 0.5) is 0 Å². The van der Waals surface area contributed by atoms with Gasteiger partial charge in [0, 0.05) is 0 Å². The topological polar surface area (TPSA) is 49.7 Å². The van der Waals surface area contributed by atoms with Crippen molar-refractivity contribution in [3.63, 3.8) is 0 Å². The number of aliphatic imine (C=N–C) groups is 1. The summed E-state index contributed by atoms with van der Waals surface area (Å²) in [4.78, 5) is 14.2. The van der Waals surface area contributed by atoms with E-state index in [1.165, 1.54) is 0 Å². The van der Waals surface area contributed by atoms with Gasteiger partial charge in [-0.15, -0.1) is 0 Å². The lowest BCUT2D eigenvalue weighted by Crippen LogP contribution is -2.12. The van der Waals surface area contributed by atoms with Gasteiger partial charge >= 0.3 is 5.97 Å². The molecule has 0 aromatic carbocycles. The lowest BCUT2D eigenvalue weighted by molar-refractivity contribution is -0.137. The van der Waals surface area contributed by atoms with Crippen molar-refractivity contribution in [1.82, 2.24) is 0 Å². The summed E-state index contributed by atoms with van der Waals surface area (Å²) in [7, 11) is 0. The maximum Gasteiger partial charge on any atom is 0.305 e. The highest BCUT2D eigenvalue weighted by Gasteiger charge is 2.11. The zero-order valence-electron chi connectivity index (χ0n) is 8.49. The van der Waals surface area contributed by atoms with E-state index >= 15 is 0 Å². The molecule has 13 heavy (non-hydrogen) atoms. The Hall–Kier alpha value is -0.860. The number of aliphatic carboxylic acids is 1. The van der Waals surface area contributed by atoms with E-state index in [-0.39, 0.29) is 12.5 Å². The predicted molar refractivity (Wildman–Crippen MR) is 54.3 cm³/mol. The van der Waals surface area contributed by atoms with Gasteiger partial charge in [0.1, 0.15) is 0 Å². The number of nitrogens with zero attached hydrogens (tertiary/aromatic N) is 1. The summed E-state index contributed by atoms with van der Waals surface area (Å²) in [5, 5.41) is 8.55. The minimum absolute atomic E-state index is 0.105. The molecule has 0 spiro atoms. The summed E-state index contributed by atoms with van der Waals surface area (Å²) in [5.74, 6) is -0.139. The fourth-order valence-electron chi connectivity index (χ4n) is 1.14. The number of hydrogen-bond donors (Lipinski definition) is 1. The molecule has 76 valence electrons. The van der Waals surface area contributed by atoms with Gasteiger partial charge in [0.2, 0.25) is 0 Å². The van der Waals surface area contributed by atoms with E-state index in [0.717, 1.165) is 19.3 Å². The molecule has 0 heterocycles. The maximum absolute atomic E-state index is 10.4. The van der Waals surface area contributed by atoms with E-state index in [0.29, 0.717) is 5.92 Å². The molecule has 0 fully saturated rings. The van der Waals surface area contributed by atoms with Gasteiger partial charge in [-0.2, -0.15) is 0 Å². The smallest absolute Gasteiger partial charge is 0.305 e. The van der Waals surface area contributed by atoms with E-state index in [1.54, 1.807) is 0 Å². The van der Waals surface area contributed by atoms with Crippen molar-refractivity contribution in [2.24, 2.45) is 10.9 Å². The van der Waals surface area contributed by atoms with Crippen molar-refractivity contribution in [3.8, 4) is 0 Å². The van der Waals surface area contributed by atoms with Crippen molar-refractivity contribution in [2.75, 3.05) is 0 Å². The second-order valence-electron chi connectivity index (χ2n) is 3.53. The molecule has 0 radical (unpaired) electrons. The van der Waals surface area contributed by atoms with Gasteiger partial charge in [-0.25, -0.2) is 0 Å². The SMILES string of the molecule is C=NC(CCC(C)CC)CC(=O)O. The standard InChI is InChI=1S/C10H19NO2/c1-4-8(2)5-6-9(11-3)7-10(12)13/h8-9H,3-7H2,1-2H3,(H,12,13). The third-order valence-electron chi connectivity index (χ3n) is 2.36. The van der Waals surface area contributed by atoms with Gasteiger partial charge < -0.3 is 5.11 Å². The van der Waals surface area contributed by atoms with Crippen molar-refractivity contribution >= 4 is 12.7 Å². The highest BCUT2D eigenvalue weighted by Crippen LogP contribution is 2.14. The molecular weight excluding hydrogens is 166 g/mol. The predicted octanol–water partition coefficient (Wildman–Crippen LogP) is 2.36. The monoisotopic (exact) mass is 185 g/mol. The number of rotatable bonds is 7. The van der Waals surface area contributed by atoms with Gasteiger partial charge in [0.25, 0.3) is 0 Å². The molecule has 1 N–H and O–H groups in total. The Bertz CT molecular complexity index is 168. The molecule has 3 nitrogen and oxygen atoms in total. The summed E-state index contributed by atoms with van der Waals surface area (Å²) in [6.45, 7) is 7.71. The molecule has 3 heteroatoms. The van der Waals surface area contributed by atoms with Crippen LogP contribution < -0.4 is 0 Å². The van der Waals surface area contributed by atoms with Crippen molar-refractivity contribution in [1.29, 1.82) is 0 Å². The number of carbonyl (C=O) groups is 1. The van der Waals surface area contributed by atoms with Crippen LogP contribution in [0.25, 0.3) is 0 Å². The van der Waals surface area contributed by atoms with Crippen LogP contribution in [-0.4, -0.2) is 23.8 Å². The summed E-state index contributed by atoms with van der Waals surface area (Å²) < 4.78 is 0. The summed E-state index contributed by atoms with van der Waals surface area (Å²) >= 11 is 0. The Morgan fingerprint density at radius 2 is 2.15 bits per heavy atom. The van der Waals surface area contributed by atoms with Crippen LogP contribution in [0.5, 0.6) is 0 Å². The molecule has 0 aromatic rings. The van der Waals surface area contributed by atoms with Crippen LogP contribution in [0.3, 0.4) is 0 Å². The first-order valence-corrected chi connectivity index (χ1v) is 4.77. The highest BCUT2D eigenvalue weighted by molar-refractivity contribution is 5.67. The molecule has 0 rings (SSSR count). The molecule has 0 aromatic heterocycles. The fraction of sp³-hybridized carbons (Fsp3) is 0.800. The van der Waals surface area contributed by atoms with E-state index < -0.39 is 5.97 Å². The molecule has 0 aliphatic heterocycles. The van der Waals surface area contributed by atoms with Gasteiger partial charge in [-0.3, -0.25) is 9.79 Å². The third kappa shape index (κ3) is 6.31. The second kappa shape index (κ2) is 6.63. The Morgan fingerprint density at radius 1 is 1.54 bits per heavy atom. The number of hydrogen-bond acceptors (Lipinski definition) is 2. The minimum Gasteiger partial charge on any atom is -0.481 e. The molecule has 0 saturated heterocycles. The molecule has 2 atom stereocenters. The van der Waals surface area contributed by atoms with Crippen molar-refractivity contribution in [2.45, 2.75) is 45.6 Å². The zero-order chi connectivity index (χ0) is 10.3. The third-order valence-corrected chi connectivity index (χ3v) is 2.36. The zero-order valence-corrected chi connectivity index (χ0v) is 8.49. The quantitative estimate of drug-likeness (QED) is 0.619. The van der Waals surface area contributed by atoms with E-state index in [9.17, 15) is 4.79 Å². The van der Waals surface area contributed by atoms with E-state index in [4.69, 9.17) is 5.11 Å². The van der Waals surface area contributed by atoms with E-state index in [1.807, 2.05) is 0 Å². The average molecular weight is 185 g/mol. The first-order valence-electron chi connectivity index (χ1n) is 4.77. The van der Waals surface area contributed by atoms with Gasteiger partial charge in [-0.1, -0.05) is 20.3 Å². The molecule has 2 unspecified atom stereocenters. The summed E-state index contributed by atoms with van der Waals surface area (Å²) in [6, 6.07) is -0.105. The van der Waals surface area contributed by atoms with Crippen LogP contribution >= 0.6 is 0 Å². The van der Waals surface area contributed by atoms with Crippen molar-refractivity contribution < 1.29 is 9.90 Å². The van der Waals surface area contributed by atoms with E-state index in [2.05, 4.69) is 25.6 Å². The molecule has 0 saturated carbocycles. The van der Waals surface area contributed by atoms with Crippen LogP contribution in [0.2, 0.25) is 0 Å². The fourth-order valence-corrected chi connectivity index (χ4v) is 1.14. The van der Waals surface area contributed by atoms with Gasteiger partial charge in [0.15, 0.2) is 0 Å². The lowest BCUT2D eigenvalue weighted by atomic mass is 9.98. The molecule has 0 aliphatic carbocycles. The molecule has 0 aliphatic rings. The number of carboxylic acids is 1. The van der Waals surface area contributed by atoms with Crippen LogP contribution in [-0.2, 0) is 4.79 Å². The lowest BCUT2D eigenvalue weighted by Gasteiger charge is -2.12. The minimum atomic E-state index is -0.790. The molecule has 0 amide bonds. The first-order chi connectivity index (χ1) is 6.10. The van der Waals surface area contributed by atoms with Gasteiger partial charge in [-0.05, 0) is 25.5 Å². The average Bonchev–Trinajstić information content (AvgIpc) is 2.10. The Balaban J connectivity index is 3.71. The Morgan fingerprint density at radius 3 is 2.54 bits per heavy atom. The van der Waals surface area contributed by atoms with Crippen LogP contribution in [0.1, 0.15) is 39.5 Å². The highest BCUT2D eigenvalue weighted by atomic mass is 16.4.